The first kappa shape index (κ1) is 17.0. The monoisotopic (exact) mass is 329 g/mol. The molecular formula is C16H15N3O5. The van der Waals surface area contributed by atoms with Gasteiger partial charge in [0.15, 0.2) is 18.1 Å². The Hall–Kier alpha value is -3.34. The Morgan fingerprint density at radius 2 is 1.75 bits per heavy atom. The number of urea groups is 1. The molecule has 0 spiro atoms. The fraction of sp³-hybridized carbons (Fsp3) is 0.250. The van der Waals surface area contributed by atoms with E-state index >= 15 is 0 Å². The maximum atomic E-state index is 12.2. The molecule has 8 nitrogen and oxygen atoms in total. The van der Waals surface area contributed by atoms with Crippen molar-refractivity contribution in [3.05, 3.63) is 29.3 Å². The summed E-state index contributed by atoms with van der Waals surface area (Å²) in [6.45, 7) is -0.133. The number of carbonyl (C=O) groups excluding carboxylic acids is 3. The molecule has 0 N–H and O–H groups in total. The number of hydrogen-bond acceptors (Lipinski definition) is 6. The normalized spacial score (nSPS) is 14.6. The minimum absolute atomic E-state index is 0.132. The summed E-state index contributed by atoms with van der Waals surface area (Å²) >= 11 is 0. The van der Waals surface area contributed by atoms with Crippen molar-refractivity contribution in [2.24, 2.45) is 0 Å². The summed E-state index contributed by atoms with van der Waals surface area (Å²) in [6.07, 6.45) is 1.38. The van der Waals surface area contributed by atoms with Gasteiger partial charge in [0.1, 0.15) is 11.6 Å². The van der Waals surface area contributed by atoms with E-state index in [9.17, 15) is 14.4 Å². The predicted molar refractivity (Wildman–Crippen MR) is 83.0 cm³/mol. The third kappa shape index (κ3) is 3.05. The van der Waals surface area contributed by atoms with Crippen LogP contribution in [0.5, 0.6) is 11.5 Å². The summed E-state index contributed by atoms with van der Waals surface area (Å²) in [5.74, 6) is -0.626. The van der Waals surface area contributed by atoms with Crippen molar-refractivity contribution >= 4 is 23.9 Å². The zero-order chi connectivity index (χ0) is 17.9. The van der Waals surface area contributed by atoms with Crippen LogP contribution in [0.2, 0.25) is 0 Å². The minimum atomic E-state index is -0.681. The molecule has 1 aliphatic rings. The molecule has 24 heavy (non-hydrogen) atoms. The highest BCUT2D eigenvalue weighted by Gasteiger charge is 2.37. The Morgan fingerprint density at radius 3 is 2.29 bits per heavy atom. The van der Waals surface area contributed by atoms with E-state index in [4.69, 9.17) is 14.7 Å². The molecule has 1 fully saturated rings. The van der Waals surface area contributed by atoms with Crippen LogP contribution in [-0.4, -0.2) is 55.5 Å². The number of rotatable bonds is 4. The smallest absolute Gasteiger partial charge is 0.333 e. The van der Waals surface area contributed by atoms with Crippen LogP contribution in [0, 0.1) is 11.3 Å². The van der Waals surface area contributed by atoms with Gasteiger partial charge < -0.3 is 9.47 Å². The van der Waals surface area contributed by atoms with Crippen LogP contribution in [0.3, 0.4) is 0 Å². The van der Waals surface area contributed by atoms with Crippen molar-refractivity contribution in [1.29, 1.82) is 5.26 Å². The molecule has 4 amide bonds. The number of amides is 4. The zero-order valence-electron chi connectivity index (χ0n) is 13.4. The van der Waals surface area contributed by atoms with E-state index in [-0.39, 0.29) is 12.2 Å². The highest BCUT2D eigenvalue weighted by atomic mass is 16.5. The number of nitrogens with zero attached hydrogens (tertiary/aromatic N) is 3. The number of hydrogen-bond donors (Lipinski definition) is 0. The number of ether oxygens (including phenoxy) is 2. The maximum absolute atomic E-state index is 12.2. The standard InChI is InChI=1S/C16H15N3O5/c1-18-14(20)11(15(21)19(2)16(18)22)8-10-4-5-12(24-7-6-17)13(9-10)23-3/h4-5,8-9H,7H2,1-3H3. The maximum Gasteiger partial charge on any atom is 0.333 e. The molecule has 2 rings (SSSR count). The average Bonchev–Trinajstić information content (AvgIpc) is 2.60. The van der Waals surface area contributed by atoms with Crippen LogP contribution in [-0.2, 0) is 9.59 Å². The lowest BCUT2D eigenvalue weighted by molar-refractivity contribution is -0.134. The van der Waals surface area contributed by atoms with Gasteiger partial charge in [-0.2, -0.15) is 5.26 Å². The van der Waals surface area contributed by atoms with Crippen molar-refractivity contribution in [2.75, 3.05) is 27.8 Å². The van der Waals surface area contributed by atoms with Gasteiger partial charge in [-0.25, -0.2) is 4.79 Å². The lowest BCUT2D eigenvalue weighted by Gasteiger charge is -2.28. The third-order valence-corrected chi connectivity index (χ3v) is 3.43. The van der Waals surface area contributed by atoms with Crippen LogP contribution < -0.4 is 9.47 Å². The van der Waals surface area contributed by atoms with E-state index in [0.29, 0.717) is 17.1 Å². The largest absolute Gasteiger partial charge is 0.493 e. The number of likely N-dealkylation sites (N-methyl/N-ethyl adjacent to an activating group) is 2. The summed E-state index contributed by atoms with van der Waals surface area (Å²) < 4.78 is 10.4. The van der Waals surface area contributed by atoms with Gasteiger partial charge in [-0.05, 0) is 23.8 Å². The number of benzene rings is 1. The number of carbonyl (C=O) groups is 3. The molecular weight excluding hydrogens is 314 g/mol. The van der Waals surface area contributed by atoms with Gasteiger partial charge in [0, 0.05) is 14.1 Å². The van der Waals surface area contributed by atoms with Crippen molar-refractivity contribution < 1.29 is 23.9 Å². The Labute approximate surface area is 138 Å². The second-order valence-corrected chi connectivity index (χ2v) is 4.93. The molecule has 1 saturated heterocycles. The highest BCUT2D eigenvalue weighted by Crippen LogP contribution is 2.29. The van der Waals surface area contributed by atoms with Crippen LogP contribution in [0.15, 0.2) is 23.8 Å². The Kier molecular flexibility index (Phi) is 4.84. The van der Waals surface area contributed by atoms with Crippen molar-refractivity contribution in [3.8, 4) is 17.6 Å². The van der Waals surface area contributed by atoms with E-state index in [1.807, 2.05) is 6.07 Å². The number of barbiturate groups is 1. The Morgan fingerprint density at radius 1 is 1.12 bits per heavy atom. The summed E-state index contributed by atoms with van der Waals surface area (Å²) in [5.41, 5.74) is 0.386. The van der Waals surface area contributed by atoms with E-state index in [2.05, 4.69) is 0 Å². The van der Waals surface area contributed by atoms with Crippen LogP contribution >= 0.6 is 0 Å². The lowest BCUT2D eigenvalue weighted by Crippen LogP contribution is -2.52. The molecule has 1 aromatic carbocycles. The molecule has 1 aliphatic heterocycles. The first-order valence-electron chi connectivity index (χ1n) is 6.90. The number of methoxy groups -OCH3 is 1. The summed E-state index contributed by atoms with van der Waals surface area (Å²) in [7, 11) is 4.05. The topological polar surface area (TPSA) is 99.9 Å². The van der Waals surface area contributed by atoms with E-state index < -0.39 is 17.8 Å². The van der Waals surface area contributed by atoms with Gasteiger partial charge in [-0.1, -0.05) is 6.07 Å². The zero-order valence-corrected chi connectivity index (χ0v) is 13.4. The van der Waals surface area contributed by atoms with E-state index in [1.165, 1.54) is 27.3 Å². The van der Waals surface area contributed by atoms with Gasteiger partial charge in [0.2, 0.25) is 0 Å². The molecule has 0 unspecified atom stereocenters. The summed E-state index contributed by atoms with van der Waals surface area (Å²) in [4.78, 5) is 37.8. The van der Waals surface area contributed by atoms with Gasteiger partial charge in [0.05, 0.1) is 7.11 Å². The van der Waals surface area contributed by atoms with Crippen LogP contribution in [0.4, 0.5) is 4.79 Å². The molecule has 1 heterocycles. The number of imide groups is 2. The molecule has 0 atom stereocenters. The molecule has 0 saturated carbocycles. The Balaban J connectivity index is 2.39. The minimum Gasteiger partial charge on any atom is -0.493 e. The first-order valence-corrected chi connectivity index (χ1v) is 6.90. The van der Waals surface area contributed by atoms with Gasteiger partial charge >= 0.3 is 6.03 Å². The molecule has 0 aromatic heterocycles. The molecule has 8 heteroatoms. The first-order chi connectivity index (χ1) is 11.4. The summed E-state index contributed by atoms with van der Waals surface area (Å²) in [6, 6.07) is 5.92. The molecule has 0 radical (unpaired) electrons. The van der Waals surface area contributed by atoms with Crippen molar-refractivity contribution in [2.45, 2.75) is 0 Å². The Bertz CT molecular complexity index is 752. The SMILES string of the molecule is COc1cc(C=C2C(=O)N(C)C(=O)N(C)C2=O)ccc1OCC#N. The van der Waals surface area contributed by atoms with Gasteiger partial charge in [-0.15, -0.1) is 0 Å². The van der Waals surface area contributed by atoms with Crippen LogP contribution in [0.1, 0.15) is 5.56 Å². The van der Waals surface area contributed by atoms with Crippen LogP contribution in [0.25, 0.3) is 6.08 Å². The lowest BCUT2D eigenvalue weighted by atomic mass is 10.1. The quantitative estimate of drug-likeness (QED) is 0.604. The van der Waals surface area contributed by atoms with Gasteiger partial charge in [0.25, 0.3) is 11.8 Å². The third-order valence-electron chi connectivity index (χ3n) is 3.43. The van der Waals surface area contributed by atoms with E-state index in [0.717, 1.165) is 9.80 Å². The second-order valence-electron chi connectivity index (χ2n) is 4.93. The van der Waals surface area contributed by atoms with Gasteiger partial charge in [-0.3, -0.25) is 19.4 Å². The predicted octanol–water partition coefficient (Wildman–Crippen LogP) is 1.03. The van der Waals surface area contributed by atoms with Crippen molar-refractivity contribution in [1.82, 2.24) is 9.80 Å². The number of nitriles is 1. The molecule has 0 bridgehead atoms. The molecule has 0 aliphatic carbocycles. The van der Waals surface area contributed by atoms with Crippen molar-refractivity contribution in [3.63, 3.8) is 0 Å². The fourth-order valence-electron chi connectivity index (χ4n) is 2.14. The summed E-state index contributed by atoms with van der Waals surface area (Å²) in [5, 5.41) is 8.55. The van der Waals surface area contributed by atoms with E-state index in [1.54, 1.807) is 18.2 Å². The highest BCUT2D eigenvalue weighted by molar-refractivity contribution is 6.30. The fourth-order valence-corrected chi connectivity index (χ4v) is 2.14. The molecule has 124 valence electrons. The molecule has 1 aromatic rings. The second kappa shape index (κ2) is 6.83. The average molecular weight is 329 g/mol.